The zero-order valence-electron chi connectivity index (χ0n) is 17.0. The molecule has 30 heavy (non-hydrogen) atoms. The van der Waals surface area contributed by atoms with E-state index in [2.05, 4.69) is 20.8 Å². The third-order valence-corrected chi connectivity index (χ3v) is 4.39. The molecule has 0 aliphatic rings. The molecule has 1 N–H and O–H groups in total. The van der Waals surface area contributed by atoms with E-state index in [1.807, 2.05) is 13.0 Å². The number of anilines is 1. The smallest absolute Gasteiger partial charge is 0.340 e. The van der Waals surface area contributed by atoms with E-state index in [1.54, 1.807) is 22.9 Å². The van der Waals surface area contributed by atoms with Crippen molar-refractivity contribution >= 4 is 17.6 Å². The lowest BCUT2D eigenvalue weighted by molar-refractivity contribution is 0.0601. The fourth-order valence-electron chi connectivity index (χ4n) is 2.88. The molecule has 10 nitrogen and oxygen atoms in total. The number of carbonyl (C=O) groups is 2. The molecule has 1 aromatic heterocycles. The molecule has 0 atom stereocenters. The molecule has 3 rings (SSSR count). The molecule has 1 amide bonds. The fraction of sp³-hybridized carbons (Fsp3) is 0.250. The van der Waals surface area contributed by atoms with Crippen molar-refractivity contribution in [1.82, 2.24) is 20.2 Å². The number of esters is 1. The molecule has 3 aromatic rings. The highest BCUT2D eigenvalue weighted by molar-refractivity contribution is 6.08. The molecule has 0 fully saturated rings. The molecule has 0 saturated carbocycles. The van der Waals surface area contributed by atoms with Gasteiger partial charge in [-0.05, 0) is 29.5 Å². The molecule has 156 valence electrons. The molecule has 0 spiro atoms. The summed E-state index contributed by atoms with van der Waals surface area (Å²) in [6, 6.07) is 9.82. The van der Waals surface area contributed by atoms with Gasteiger partial charge in [0.15, 0.2) is 17.3 Å². The van der Waals surface area contributed by atoms with Gasteiger partial charge >= 0.3 is 5.97 Å². The van der Waals surface area contributed by atoms with Crippen molar-refractivity contribution in [3.8, 4) is 22.9 Å². The van der Waals surface area contributed by atoms with Gasteiger partial charge in [0.05, 0.1) is 32.6 Å². The molecule has 2 aromatic carbocycles. The van der Waals surface area contributed by atoms with Crippen LogP contribution in [0, 0.1) is 0 Å². The van der Waals surface area contributed by atoms with Crippen molar-refractivity contribution in [1.29, 1.82) is 0 Å². The number of amides is 1. The van der Waals surface area contributed by atoms with Crippen molar-refractivity contribution in [2.24, 2.45) is 0 Å². The molecule has 0 bridgehead atoms. The van der Waals surface area contributed by atoms with Gasteiger partial charge in [-0.15, -0.1) is 5.10 Å². The summed E-state index contributed by atoms with van der Waals surface area (Å²) in [5.41, 5.74) is 1.42. The zero-order chi connectivity index (χ0) is 21.7. The standard InChI is InChI=1S/C20H21N5O5/c1-5-25-18(22-23-24-25)12-7-6-8-13(9-12)19(26)21-15-11-17(29-3)16(28-2)10-14(15)20(27)30-4/h6-11H,5H2,1-4H3,(H,21,26). The zero-order valence-corrected chi connectivity index (χ0v) is 17.0. The second-order valence-corrected chi connectivity index (χ2v) is 6.10. The van der Waals surface area contributed by atoms with Crippen LogP contribution in [0.15, 0.2) is 36.4 Å². The number of methoxy groups -OCH3 is 3. The first-order valence-corrected chi connectivity index (χ1v) is 9.04. The van der Waals surface area contributed by atoms with Crippen LogP contribution in [0.2, 0.25) is 0 Å². The maximum absolute atomic E-state index is 12.9. The van der Waals surface area contributed by atoms with Gasteiger partial charge in [-0.1, -0.05) is 12.1 Å². The van der Waals surface area contributed by atoms with Crippen LogP contribution in [0.1, 0.15) is 27.6 Å². The number of nitrogens with one attached hydrogen (secondary N) is 1. The second kappa shape index (κ2) is 9.03. The maximum Gasteiger partial charge on any atom is 0.340 e. The van der Waals surface area contributed by atoms with E-state index in [0.29, 0.717) is 35.0 Å². The summed E-state index contributed by atoms with van der Waals surface area (Å²) < 4.78 is 16.9. The van der Waals surface area contributed by atoms with E-state index in [1.165, 1.54) is 33.5 Å². The van der Waals surface area contributed by atoms with E-state index >= 15 is 0 Å². The average Bonchev–Trinajstić information content (AvgIpc) is 3.27. The van der Waals surface area contributed by atoms with Crippen LogP contribution in [-0.2, 0) is 11.3 Å². The Balaban J connectivity index is 1.96. The molecule has 0 aliphatic carbocycles. The summed E-state index contributed by atoms with van der Waals surface area (Å²) >= 11 is 0. The van der Waals surface area contributed by atoms with Crippen molar-refractivity contribution in [2.75, 3.05) is 26.6 Å². The molecule has 0 aliphatic heterocycles. The lowest BCUT2D eigenvalue weighted by atomic mass is 10.1. The number of ether oxygens (including phenoxy) is 3. The number of nitrogens with zero attached hydrogens (tertiary/aromatic N) is 4. The number of tetrazole rings is 1. The van der Waals surface area contributed by atoms with E-state index in [-0.39, 0.29) is 11.3 Å². The number of aryl methyl sites for hydroxylation is 1. The first-order chi connectivity index (χ1) is 14.5. The predicted octanol–water partition coefficient (Wildman–Crippen LogP) is 2.42. The van der Waals surface area contributed by atoms with Gasteiger partial charge in [0, 0.05) is 29.8 Å². The largest absolute Gasteiger partial charge is 0.493 e. The van der Waals surface area contributed by atoms with E-state index < -0.39 is 11.9 Å². The Morgan fingerprint density at radius 1 is 1.07 bits per heavy atom. The van der Waals surface area contributed by atoms with Gasteiger partial charge < -0.3 is 19.5 Å². The third kappa shape index (κ3) is 4.07. The van der Waals surface area contributed by atoms with Crippen molar-refractivity contribution in [2.45, 2.75) is 13.5 Å². The van der Waals surface area contributed by atoms with Gasteiger partial charge in [0.1, 0.15) is 0 Å². The molecular weight excluding hydrogens is 390 g/mol. The maximum atomic E-state index is 12.9. The Morgan fingerprint density at radius 3 is 2.47 bits per heavy atom. The minimum atomic E-state index is -0.623. The summed E-state index contributed by atoms with van der Waals surface area (Å²) in [5.74, 6) is 0.195. The molecular formula is C20H21N5O5. The van der Waals surface area contributed by atoms with Gasteiger partial charge in [-0.2, -0.15) is 0 Å². The van der Waals surface area contributed by atoms with Crippen LogP contribution in [0.3, 0.4) is 0 Å². The Labute approximate surface area is 172 Å². The van der Waals surface area contributed by atoms with Crippen LogP contribution >= 0.6 is 0 Å². The number of hydrogen-bond acceptors (Lipinski definition) is 8. The number of rotatable bonds is 7. The number of hydrogen-bond donors (Lipinski definition) is 1. The van der Waals surface area contributed by atoms with Crippen molar-refractivity contribution in [3.05, 3.63) is 47.5 Å². The van der Waals surface area contributed by atoms with Gasteiger partial charge in [-0.3, -0.25) is 4.79 Å². The SMILES string of the molecule is CCn1nnnc1-c1cccc(C(=O)Nc2cc(OC)c(OC)cc2C(=O)OC)c1. The fourth-order valence-corrected chi connectivity index (χ4v) is 2.88. The van der Waals surface area contributed by atoms with Gasteiger partial charge in [0.25, 0.3) is 5.91 Å². The minimum absolute atomic E-state index is 0.134. The summed E-state index contributed by atoms with van der Waals surface area (Å²) in [6.45, 7) is 2.51. The predicted molar refractivity (Wildman–Crippen MR) is 108 cm³/mol. The third-order valence-electron chi connectivity index (χ3n) is 4.39. The lowest BCUT2D eigenvalue weighted by Gasteiger charge is -2.15. The van der Waals surface area contributed by atoms with E-state index in [9.17, 15) is 9.59 Å². The van der Waals surface area contributed by atoms with Crippen LogP contribution in [0.25, 0.3) is 11.4 Å². The average molecular weight is 411 g/mol. The lowest BCUT2D eigenvalue weighted by Crippen LogP contribution is -2.16. The summed E-state index contributed by atoms with van der Waals surface area (Å²) in [4.78, 5) is 25.1. The van der Waals surface area contributed by atoms with Crippen LogP contribution in [0.5, 0.6) is 11.5 Å². The van der Waals surface area contributed by atoms with Crippen molar-refractivity contribution in [3.63, 3.8) is 0 Å². The normalized spacial score (nSPS) is 10.4. The second-order valence-electron chi connectivity index (χ2n) is 6.10. The summed E-state index contributed by atoms with van der Waals surface area (Å²) in [7, 11) is 4.17. The Bertz CT molecular complexity index is 1080. The quantitative estimate of drug-likeness (QED) is 0.589. The Morgan fingerprint density at radius 2 is 1.80 bits per heavy atom. The highest BCUT2D eigenvalue weighted by Crippen LogP contribution is 2.34. The highest BCUT2D eigenvalue weighted by Gasteiger charge is 2.20. The molecule has 1 heterocycles. The first kappa shape index (κ1) is 20.8. The van der Waals surface area contributed by atoms with Crippen LogP contribution < -0.4 is 14.8 Å². The Hall–Kier alpha value is -3.95. The monoisotopic (exact) mass is 411 g/mol. The van der Waals surface area contributed by atoms with E-state index in [0.717, 1.165) is 0 Å². The highest BCUT2D eigenvalue weighted by atomic mass is 16.5. The number of aromatic nitrogens is 4. The summed E-state index contributed by atoms with van der Waals surface area (Å²) in [5, 5.41) is 14.3. The first-order valence-electron chi connectivity index (χ1n) is 9.04. The summed E-state index contributed by atoms with van der Waals surface area (Å²) in [6.07, 6.45) is 0. The topological polar surface area (TPSA) is 117 Å². The number of carbonyl (C=O) groups excluding carboxylic acids is 2. The molecule has 0 radical (unpaired) electrons. The van der Waals surface area contributed by atoms with Gasteiger partial charge in [-0.25, -0.2) is 9.48 Å². The molecule has 0 unspecified atom stereocenters. The van der Waals surface area contributed by atoms with Crippen LogP contribution in [0.4, 0.5) is 5.69 Å². The van der Waals surface area contributed by atoms with Crippen molar-refractivity contribution < 1.29 is 23.8 Å². The Kier molecular flexibility index (Phi) is 6.26. The minimum Gasteiger partial charge on any atom is -0.493 e. The molecule has 0 saturated heterocycles. The van der Waals surface area contributed by atoms with Gasteiger partial charge in [0.2, 0.25) is 0 Å². The number of benzene rings is 2. The van der Waals surface area contributed by atoms with E-state index in [4.69, 9.17) is 14.2 Å². The van der Waals surface area contributed by atoms with Crippen LogP contribution in [-0.4, -0.2) is 53.4 Å². The molecule has 10 heteroatoms.